The number of nitrogens with zero attached hydrogens (tertiary/aromatic N) is 1. The molecule has 0 radical (unpaired) electrons. The zero-order valence-corrected chi connectivity index (χ0v) is 12.5. The lowest BCUT2D eigenvalue weighted by Crippen LogP contribution is -2.41. The molecule has 3 heteroatoms. The molecule has 1 heterocycles. The maximum absolute atomic E-state index is 12.3. The van der Waals surface area contributed by atoms with Gasteiger partial charge in [-0.1, -0.05) is 13.8 Å². The van der Waals surface area contributed by atoms with Gasteiger partial charge in [0.15, 0.2) is 0 Å². The average Bonchev–Trinajstić information content (AvgIpc) is 2.41. The first-order valence-electron chi connectivity index (χ1n) is 7.89. The van der Waals surface area contributed by atoms with E-state index in [-0.39, 0.29) is 6.61 Å². The molecule has 2 fully saturated rings. The summed E-state index contributed by atoms with van der Waals surface area (Å²) in [6.45, 7) is 6.56. The minimum absolute atomic E-state index is 0.224. The predicted molar refractivity (Wildman–Crippen MR) is 76.7 cm³/mol. The Kier molecular flexibility index (Phi) is 4.88. The van der Waals surface area contributed by atoms with Gasteiger partial charge in [0.05, 0.1) is 0 Å². The van der Waals surface area contributed by atoms with Crippen molar-refractivity contribution in [3.8, 4) is 0 Å². The Morgan fingerprint density at radius 2 is 1.89 bits per heavy atom. The van der Waals surface area contributed by atoms with Crippen LogP contribution in [0.25, 0.3) is 0 Å². The van der Waals surface area contributed by atoms with Crippen LogP contribution in [0.5, 0.6) is 0 Å². The Bertz CT molecular complexity index is 304. The first kappa shape index (κ1) is 14.8. The summed E-state index contributed by atoms with van der Waals surface area (Å²) in [4.78, 5) is 14.3. The summed E-state index contributed by atoms with van der Waals surface area (Å²) in [7, 11) is 0. The topological polar surface area (TPSA) is 40.5 Å². The average molecular weight is 267 g/mol. The maximum Gasteiger partial charge on any atom is 0.222 e. The van der Waals surface area contributed by atoms with Crippen LogP contribution in [0.2, 0.25) is 0 Å². The smallest absolute Gasteiger partial charge is 0.222 e. The van der Waals surface area contributed by atoms with E-state index in [1.807, 2.05) is 4.90 Å². The molecule has 1 aliphatic heterocycles. The molecule has 1 unspecified atom stereocenters. The summed E-state index contributed by atoms with van der Waals surface area (Å²) >= 11 is 0. The molecule has 2 aliphatic rings. The van der Waals surface area contributed by atoms with Gasteiger partial charge in [-0.05, 0) is 55.8 Å². The highest BCUT2D eigenvalue weighted by molar-refractivity contribution is 5.76. The van der Waals surface area contributed by atoms with E-state index < -0.39 is 0 Å². The monoisotopic (exact) mass is 267 g/mol. The Labute approximate surface area is 117 Å². The molecule has 1 amide bonds. The zero-order chi connectivity index (χ0) is 13.9. The number of likely N-dealkylation sites (tertiary alicyclic amines) is 1. The molecule has 0 aromatic carbocycles. The summed E-state index contributed by atoms with van der Waals surface area (Å²) in [5, 5.41) is 9.23. The number of hydrogen-bond acceptors (Lipinski definition) is 2. The Morgan fingerprint density at radius 3 is 2.53 bits per heavy atom. The van der Waals surface area contributed by atoms with Crippen LogP contribution >= 0.6 is 0 Å². The number of aliphatic hydroxyl groups is 1. The van der Waals surface area contributed by atoms with Crippen LogP contribution in [0.1, 0.15) is 58.8 Å². The van der Waals surface area contributed by atoms with E-state index in [1.165, 1.54) is 25.7 Å². The third-order valence-electron chi connectivity index (χ3n) is 5.05. The highest BCUT2D eigenvalue weighted by atomic mass is 16.3. The molecule has 1 atom stereocenters. The number of piperidine rings is 1. The quantitative estimate of drug-likeness (QED) is 0.854. The van der Waals surface area contributed by atoms with Crippen molar-refractivity contribution in [2.45, 2.75) is 58.8 Å². The summed E-state index contributed by atoms with van der Waals surface area (Å²) < 4.78 is 0. The minimum Gasteiger partial charge on any atom is -0.396 e. The molecule has 19 heavy (non-hydrogen) atoms. The largest absolute Gasteiger partial charge is 0.396 e. The van der Waals surface area contributed by atoms with Crippen molar-refractivity contribution in [3.63, 3.8) is 0 Å². The number of hydrogen-bond donors (Lipinski definition) is 1. The standard InChI is InChI=1S/C16H29NO2/c1-16(2)7-5-13(6-8-16)10-15(19)17-9-3-4-14(11-17)12-18/h13-14,18H,3-12H2,1-2H3. The Hall–Kier alpha value is -0.570. The minimum atomic E-state index is 0.224. The van der Waals surface area contributed by atoms with E-state index in [9.17, 15) is 9.90 Å². The predicted octanol–water partition coefficient (Wildman–Crippen LogP) is 2.82. The molecule has 110 valence electrons. The van der Waals surface area contributed by atoms with E-state index in [4.69, 9.17) is 0 Å². The van der Waals surface area contributed by atoms with Crippen molar-refractivity contribution in [3.05, 3.63) is 0 Å². The second-order valence-electron chi connectivity index (χ2n) is 7.34. The molecular weight excluding hydrogens is 238 g/mol. The summed E-state index contributed by atoms with van der Waals surface area (Å²) in [6.07, 6.45) is 7.77. The summed E-state index contributed by atoms with van der Waals surface area (Å²) in [5.41, 5.74) is 0.479. The highest BCUT2D eigenvalue weighted by Gasteiger charge is 2.30. The van der Waals surface area contributed by atoms with Gasteiger partial charge in [-0.3, -0.25) is 4.79 Å². The van der Waals surface area contributed by atoms with Gasteiger partial charge in [-0.15, -0.1) is 0 Å². The fourth-order valence-electron chi connectivity index (χ4n) is 3.48. The van der Waals surface area contributed by atoms with Crippen molar-refractivity contribution in [1.29, 1.82) is 0 Å². The lowest BCUT2D eigenvalue weighted by molar-refractivity contribution is -0.134. The van der Waals surface area contributed by atoms with Crippen LogP contribution in [0.3, 0.4) is 0 Å². The van der Waals surface area contributed by atoms with E-state index in [0.717, 1.165) is 32.4 Å². The summed E-state index contributed by atoms with van der Waals surface area (Å²) in [6, 6.07) is 0. The lowest BCUT2D eigenvalue weighted by Gasteiger charge is -2.36. The molecule has 3 nitrogen and oxygen atoms in total. The van der Waals surface area contributed by atoms with Gasteiger partial charge >= 0.3 is 0 Å². The van der Waals surface area contributed by atoms with Crippen LogP contribution in [0.15, 0.2) is 0 Å². The lowest BCUT2D eigenvalue weighted by atomic mass is 9.72. The number of aliphatic hydroxyl groups excluding tert-OH is 1. The fourth-order valence-corrected chi connectivity index (χ4v) is 3.48. The van der Waals surface area contributed by atoms with Gasteiger partial charge in [0.2, 0.25) is 5.91 Å². The van der Waals surface area contributed by atoms with Crippen LogP contribution in [-0.2, 0) is 4.79 Å². The maximum atomic E-state index is 12.3. The molecule has 0 spiro atoms. The van der Waals surface area contributed by atoms with Crippen LogP contribution in [-0.4, -0.2) is 35.6 Å². The van der Waals surface area contributed by atoms with Crippen LogP contribution < -0.4 is 0 Å². The Morgan fingerprint density at radius 1 is 1.21 bits per heavy atom. The van der Waals surface area contributed by atoms with E-state index in [0.29, 0.717) is 23.2 Å². The number of carbonyl (C=O) groups is 1. The number of rotatable bonds is 3. The van der Waals surface area contributed by atoms with E-state index in [1.54, 1.807) is 0 Å². The van der Waals surface area contributed by atoms with Crippen molar-refractivity contribution in [1.82, 2.24) is 4.90 Å². The van der Waals surface area contributed by atoms with Crippen LogP contribution in [0.4, 0.5) is 0 Å². The molecule has 1 N–H and O–H groups in total. The first-order chi connectivity index (χ1) is 9.00. The molecular formula is C16H29NO2. The van der Waals surface area contributed by atoms with E-state index >= 15 is 0 Å². The molecule has 0 bridgehead atoms. The normalized spacial score (nSPS) is 28.4. The highest BCUT2D eigenvalue weighted by Crippen LogP contribution is 2.39. The third kappa shape index (κ3) is 4.20. The molecule has 1 saturated heterocycles. The number of carbonyl (C=O) groups excluding carboxylic acids is 1. The van der Waals surface area contributed by atoms with Gasteiger partial charge in [0.1, 0.15) is 0 Å². The van der Waals surface area contributed by atoms with Crippen molar-refractivity contribution in [2.24, 2.45) is 17.3 Å². The van der Waals surface area contributed by atoms with Crippen molar-refractivity contribution >= 4 is 5.91 Å². The third-order valence-corrected chi connectivity index (χ3v) is 5.05. The SMILES string of the molecule is CC1(C)CCC(CC(=O)N2CCCC(CO)C2)CC1. The van der Waals surface area contributed by atoms with Crippen molar-refractivity contribution < 1.29 is 9.90 Å². The molecule has 2 rings (SSSR count). The van der Waals surface area contributed by atoms with Crippen LogP contribution in [0, 0.1) is 17.3 Å². The fraction of sp³-hybridized carbons (Fsp3) is 0.938. The van der Waals surface area contributed by atoms with Gasteiger partial charge in [0, 0.05) is 26.1 Å². The first-order valence-corrected chi connectivity index (χ1v) is 7.89. The zero-order valence-electron chi connectivity index (χ0n) is 12.5. The number of amides is 1. The molecule has 0 aromatic rings. The molecule has 0 aromatic heterocycles. The van der Waals surface area contributed by atoms with Crippen molar-refractivity contribution in [2.75, 3.05) is 19.7 Å². The second-order valence-corrected chi connectivity index (χ2v) is 7.34. The molecule has 1 saturated carbocycles. The van der Waals surface area contributed by atoms with Gasteiger partial charge < -0.3 is 10.0 Å². The van der Waals surface area contributed by atoms with Gasteiger partial charge in [-0.25, -0.2) is 0 Å². The summed E-state index contributed by atoms with van der Waals surface area (Å²) in [5.74, 6) is 1.22. The Balaban J connectivity index is 1.78. The second kappa shape index (κ2) is 6.25. The van der Waals surface area contributed by atoms with Gasteiger partial charge in [0.25, 0.3) is 0 Å². The van der Waals surface area contributed by atoms with E-state index in [2.05, 4.69) is 13.8 Å². The van der Waals surface area contributed by atoms with Gasteiger partial charge in [-0.2, -0.15) is 0 Å². The molecule has 1 aliphatic carbocycles.